The van der Waals surface area contributed by atoms with Gasteiger partial charge < -0.3 is 4.90 Å². The molecule has 2 rings (SSSR count). The quantitative estimate of drug-likeness (QED) is 0.772. The molecule has 0 unspecified atom stereocenters. The van der Waals surface area contributed by atoms with Gasteiger partial charge in [0.2, 0.25) is 0 Å². The predicted octanol–water partition coefficient (Wildman–Crippen LogP) is 0.610. The normalized spacial score (nSPS) is 19.1. The van der Waals surface area contributed by atoms with Gasteiger partial charge >= 0.3 is 0 Å². The van der Waals surface area contributed by atoms with Crippen LogP contribution in [0, 0.1) is 5.82 Å². The number of piperidine rings is 1. The summed E-state index contributed by atoms with van der Waals surface area (Å²) in [6.07, 6.45) is 1.85. The molecular weight excluding hydrogens is 245 g/mol. The van der Waals surface area contributed by atoms with E-state index in [9.17, 15) is 9.18 Å². The van der Waals surface area contributed by atoms with Crippen LogP contribution < -0.4 is 10.3 Å². The van der Waals surface area contributed by atoms with E-state index in [0.717, 1.165) is 38.2 Å². The summed E-state index contributed by atoms with van der Waals surface area (Å²) in [6, 6.07) is 5.44. The van der Waals surface area contributed by atoms with Crippen molar-refractivity contribution in [3.8, 4) is 0 Å². The zero-order chi connectivity index (χ0) is 13.7. The smallest absolute Gasteiger partial charge is 0.271 e. The van der Waals surface area contributed by atoms with Crippen LogP contribution in [0.25, 0.3) is 0 Å². The summed E-state index contributed by atoms with van der Waals surface area (Å²) in [7, 11) is 0. The van der Waals surface area contributed by atoms with Crippen LogP contribution in [0.15, 0.2) is 29.4 Å². The Hall–Kier alpha value is -1.75. The van der Waals surface area contributed by atoms with E-state index >= 15 is 0 Å². The van der Waals surface area contributed by atoms with Gasteiger partial charge in [-0.1, -0.05) is 0 Å². The predicted molar refractivity (Wildman–Crippen MR) is 71.8 cm³/mol. The van der Waals surface area contributed by atoms with E-state index in [4.69, 9.17) is 0 Å². The second-order valence-electron chi connectivity index (χ2n) is 4.73. The molecule has 1 aliphatic rings. The van der Waals surface area contributed by atoms with Crippen LogP contribution in [0.4, 0.5) is 4.39 Å². The van der Waals surface area contributed by atoms with E-state index in [1.165, 1.54) is 24.3 Å². The number of likely N-dealkylation sites (tertiary alicyclic amines) is 1. The summed E-state index contributed by atoms with van der Waals surface area (Å²) in [6.45, 7) is 5.45. The first-order chi connectivity index (χ1) is 9.19. The third-order valence-electron chi connectivity index (χ3n) is 3.46. The minimum atomic E-state index is -0.349. The van der Waals surface area contributed by atoms with E-state index < -0.39 is 0 Å². The summed E-state index contributed by atoms with van der Waals surface area (Å²) in [4.78, 5) is 13.3. The first-order valence-electron chi connectivity index (χ1n) is 6.64. The van der Waals surface area contributed by atoms with E-state index in [-0.39, 0.29) is 11.7 Å². The van der Waals surface area contributed by atoms with Crippen LogP contribution in [-0.2, 0) is 0 Å². The molecule has 0 aromatic heterocycles. The summed E-state index contributed by atoms with van der Waals surface area (Å²) < 4.78 is 12.7. The number of nitrogens with one attached hydrogen (secondary N) is 2. The SMILES string of the molecule is CC[NH+]1CCC(=NNC(=O)c2ccc(F)cc2)CC1. The number of nitrogens with zero attached hydrogens (tertiary/aromatic N) is 1. The van der Waals surface area contributed by atoms with E-state index in [1.54, 1.807) is 4.90 Å². The minimum absolute atomic E-state index is 0.294. The highest BCUT2D eigenvalue weighted by atomic mass is 19.1. The van der Waals surface area contributed by atoms with Gasteiger partial charge in [0.25, 0.3) is 5.91 Å². The molecular formula is C14H19FN3O+. The molecule has 1 fully saturated rings. The van der Waals surface area contributed by atoms with Crippen molar-refractivity contribution < 1.29 is 14.1 Å². The molecule has 5 heteroatoms. The number of carbonyl (C=O) groups excluding carboxylic acids is 1. The maximum Gasteiger partial charge on any atom is 0.271 e. The molecule has 1 aliphatic heterocycles. The number of hydrogen-bond acceptors (Lipinski definition) is 2. The number of rotatable bonds is 3. The maximum atomic E-state index is 12.7. The highest BCUT2D eigenvalue weighted by Crippen LogP contribution is 2.02. The standard InChI is InChI=1S/C14H18FN3O/c1-2-18-9-7-13(8-10-18)16-17-14(19)11-3-5-12(15)6-4-11/h3-6H,2,7-10H2,1H3,(H,17,19)/p+1. The number of hydrazone groups is 1. The molecule has 1 saturated heterocycles. The summed E-state index contributed by atoms with van der Waals surface area (Å²) >= 11 is 0. The fourth-order valence-corrected chi connectivity index (χ4v) is 2.15. The van der Waals surface area contributed by atoms with Crippen LogP contribution in [0.1, 0.15) is 30.1 Å². The molecule has 0 saturated carbocycles. The Kier molecular flexibility index (Phi) is 4.63. The first kappa shape index (κ1) is 13.7. The number of carbonyl (C=O) groups is 1. The molecule has 4 nitrogen and oxygen atoms in total. The van der Waals surface area contributed by atoms with Crippen molar-refractivity contribution in [1.29, 1.82) is 0 Å². The average molecular weight is 264 g/mol. The lowest BCUT2D eigenvalue weighted by Crippen LogP contribution is -3.12. The highest BCUT2D eigenvalue weighted by Gasteiger charge is 2.16. The number of hydrogen-bond donors (Lipinski definition) is 2. The third-order valence-corrected chi connectivity index (χ3v) is 3.46. The Balaban J connectivity index is 1.88. The van der Waals surface area contributed by atoms with E-state index in [2.05, 4.69) is 17.5 Å². The molecule has 0 aliphatic carbocycles. The second-order valence-corrected chi connectivity index (χ2v) is 4.73. The summed E-state index contributed by atoms with van der Waals surface area (Å²) in [5.41, 5.74) is 3.99. The molecule has 0 bridgehead atoms. The molecule has 102 valence electrons. The second kappa shape index (κ2) is 6.43. The molecule has 0 radical (unpaired) electrons. The molecule has 1 heterocycles. The highest BCUT2D eigenvalue weighted by molar-refractivity contribution is 5.95. The Morgan fingerprint density at radius 2 is 1.95 bits per heavy atom. The Labute approximate surface area is 112 Å². The van der Waals surface area contributed by atoms with Gasteiger partial charge in [0.1, 0.15) is 5.82 Å². The molecule has 1 amide bonds. The van der Waals surface area contributed by atoms with E-state index in [0.29, 0.717) is 5.56 Å². The lowest BCUT2D eigenvalue weighted by Gasteiger charge is -2.23. The van der Waals surface area contributed by atoms with Gasteiger partial charge in [-0.3, -0.25) is 4.79 Å². The van der Waals surface area contributed by atoms with Gasteiger partial charge in [-0.2, -0.15) is 5.10 Å². The van der Waals surface area contributed by atoms with Crippen molar-refractivity contribution in [3.05, 3.63) is 35.6 Å². The van der Waals surface area contributed by atoms with Gasteiger partial charge in [0.05, 0.1) is 19.6 Å². The first-order valence-corrected chi connectivity index (χ1v) is 6.64. The minimum Gasteiger partial charge on any atom is -0.335 e. The maximum absolute atomic E-state index is 12.7. The lowest BCUT2D eigenvalue weighted by molar-refractivity contribution is -0.899. The molecule has 1 aromatic carbocycles. The largest absolute Gasteiger partial charge is 0.335 e. The van der Waals surface area contributed by atoms with Gasteiger partial charge in [-0.15, -0.1) is 0 Å². The Bertz CT molecular complexity index is 460. The Morgan fingerprint density at radius 1 is 1.32 bits per heavy atom. The molecule has 2 N–H and O–H groups in total. The molecule has 0 spiro atoms. The van der Waals surface area contributed by atoms with Crippen molar-refractivity contribution in [2.24, 2.45) is 5.10 Å². The number of quaternary nitrogens is 1. The van der Waals surface area contributed by atoms with Crippen molar-refractivity contribution >= 4 is 11.6 Å². The number of benzene rings is 1. The number of halogens is 1. The average Bonchev–Trinajstić information content (AvgIpc) is 2.46. The van der Waals surface area contributed by atoms with Crippen LogP contribution in [0.2, 0.25) is 0 Å². The fraction of sp³-hybridized carbons (Fsp3) is 0.429. The van der Waals surface area contributed by atoms with Crippen LogP contribution in [0.5, 0.6) is 0 Å². The summed E-state index contributed by atoms with van der Waals surface area (Å²) in [5, 5.41) is 4.16. The molecule has 1 aromatic rings. The molecule has 19 heavy (non-hydrogen) atoms. The van der Waals surface area contributed by atoms with Crippen LogP contribution >= 0.6 is 0 Å². The summed E-state index contributed by atoms with van der Waals surface area (Å²) in [5.74, 6) is -0.643. The van der Waals surface area contributed by atoms with Gasteiger partial charge in [-0.25, -0.2) is 9.82 Å². The third kappa shape index (κ3) is 3.86. The van der Waals surface area contributed by atoms with E-state index in [1.807, 2.05) is 0 Å². The van der Waals surface area contributed by atoms with Crippen LogP contribution in [-0.4, -0.2) is 31.3 Å². The van der Waals surface area contributed by atoms with Crippen molar-refractivity contribution in [3.63, 3.8) is 0 Å². The van der Waals surface area contributed by atoms with Crippen LogP contribution in [0.3, 0.4) is 0 Å². The molecule has 0 atom stereocenters. The van der Waals surface area contributed by atoms with Gasteiger partial charge in [0.15, 0.2) is 0 Å². The zero-order valence-electron chi connectivity index (χ0n) is 11.1. The number of amides is 1. The van der Waals surface area contributed by atoms with Gasteiger partial charge in [0, 0.05) is 24.1 Å². The Morgan fingerprint density at radius 3 is 2.53 bits per heavy atom. The van der Waals surface area contributed by atoms with Crippen molar-refractivity contribution in [2.45, 2.75) is 19.8 Å². The monoisotopic (exact) mass is 264 g/mol. The van der Waals surface area contributed by atoms with Gasteiger partial charge in [-0.05, 0) is 31.2 Å². The lowest BCUT2D eigenvalue weighted by atomic mass is 10.1. The van der Waals surface area contributed by atoms with Crippen molar-refractivity contribution in [2.75, 3.05) is 19.6 Å². The fourth-order valence-electron chi connectivity index (χ4n) is 2.15. The topological polar surface area (TPSA) is 45.9 Å². The van der Waals surface area contributed by atoms with Crippen molar-refractivity contribution in [1.82, 2.24) is 5.43 Å². The zero-order valence-corrected chi connectivity index (χ0v) is 11.1.